The molecule has 0 saturated carbocycles. The van der Waals surface area contributed by atoms with Gasteiger partial charge in [0.1, 0.15) is 10.7 Å². The zero-order valence-corrected chi connectivity index (χ0v) is 17.7. The fourth-order valence-corrected chi connectivity index (χ4v) is 4.86. The SMILES string of the molecule is O=C(NCC(=O)N1CCN(S(=O)(=O)c2ccccc2F)CC1)c1cccc(Br)c1. The molecule has 1 aliphatic rings. The molecule has 2 amide bonds. The lowest BCUT2D eigenvalue weighted by molar-refractivity contribution is -0.131. The molecule has 2 aromatic carbocycles. The van der Waals surface area contributed by atoms with Gasteiger partial charge < -0.3 is 10.2 Å². The van der Waals surface area contributed by atoms with E-state index in [1.54, 1.807) is 24.3 Å². The van der Waals surface area contributed by atoms with Crippen LogP contribution in [-0.4, -0.2) is 62.2 Å². The van der Waals surface area contributed by atoms with Crippen molar-refractivity contribution in [2.24, 2.45) is 0 Å². The van der Waals surface area contributed by atoms with Gasteiger partial charge in [0, 0.05) is 36.2 Å². The van der Waals surface area contributed by atoms with Crippen molar-refractivity contribution in [2.45, 2.75) is 4.90 Å². The molecule has 29 heavy (non-hydrogen) atoms. The molecule has 3 rings (SSSR count). The summed E-state index contributed by atoms with van der Waals surface area (Å²) in [7, 11) is -3.96. The Morgan fingerprint density at radius 1 is 1.03 bits per heavy atom. The van der Waals surface area contributed by atoms with E-state index in [-0.39, 0.29) is 49.4 Å². The van der Waals surface area contributed by atoms with Gasteiger partial charge >= 0.3 is 0 Å². The molecule has 0 unspecified atom stereocenters. The van der Waals surface area contributed by atoms with Crippen LogP contribution in [0.1, 0.15) is 10.4 Å². The van der Waals surface area contributed by atoms with E-state index in [1.807, 2.05) is 0 Å². The smallest absolute Gasteiger partial charge is 0.251 e. The number of sulfonamides is 1. The molecule has 154 valence electrons. The van der Waals surface area contributed by atoms with Gasteiger partial charge in [-0.15, -0.1) is 0 Å². The lowest BCUT2D eigenvalue weighted by atomic mass is 10.2. The van der Waals surface area contributed by atoms with Gasteiger partial charge in [-0.1, -0.05) is 34.1 Å². The molecule has 7 nitrogen and oxygen atoms in total. The molecule has 10 heteroatoms. The summed E-state index contributed by atoms with van der Waals surface area (Å²) < 4.78 is 41.0. The number of benzene rings is 2. The predicted molar refractivity (Wildman–Crippen MR) is 108 cm³/mol. The first kappa shape index (κ1) is 21.4. The third kappa shape index (κ3) is 5.01. The summed E-state index contributed by atoms with van der Waals surface area (Å²) >= 11 is 3.28. The second-order valence-electron chi connectivity index (χ2n) is 6.41. The third-order valence-electron chi connectivity index (χ3n) is 4.53. The molecule has 1 N–H and O–H groups in total. The minimum absolute atomic E-state index is 0.0575. The lowest BCUT2D eigenvalue weighted by Crippen LogP contribution is -2.52. The van der Waals surface area contributed by atoms with E-state index in [2.05, 4.69) is 21.2 Å². The Balaban J connectivity index is 1.54. The van der Waals surface area contributed by atoms with E-state index < -0.39 is 15.8 Å². The molecule has 1 heterocycles. The molecule has 0 aromatic heterocycles. The Morgan fingerprint density at radius 3 is 2.38 bits per heavy atom. The summed E-state index contributed by atoms with van der Waals surface area (Å²) in [5.41, 5.74) is 0.424. The highest BCUT2D eigenvalue weighted by atomic mass is 79.9. The number of carbonyl (C=O) groups excluding carboxylic acids is 2. The van der Waals surface area contributed by atoms with E-state index in [1.165, 1.54) is 23.1 Å². The average molecular weight is 484 g/mol. The molecule has 0 aliphatic carbocycles. The maximum absolute atomic E-state index is 13.9. The van der Waals surface area contributed by atoms with Crippen molar-refractivity contribution < 1.29 is 22.4 Å². The second kappa shape index (κ2) is 9.02. The highest BCUT2D eigenvalue weighted by Crippen LogP contribution is 2.20. The second-order valence-corrected chi connectivity index (χ2v) is 9.23. The van der Waals surface area contributed by atoms with Crippen molar-refractivity contribution in [3.63, 3.8) is 0 Å². The lowest BCUT2D eigenvalue weighted by Gasteiger charge is -2.34. The Morgan fingerprint density at radius 2 is 1.72 bits per heavy atom. The fraction of sp³-hybridized carbons (Fsp3) is 0.263. The molecule has 2 aromatic rings. The molecule has 1 aliphatic heterocycles. The van der Waals surface area contributed by atoms with Crippen molar-refractivity contribution in [1.82, 2.24) is 14.5 Å². The van der Waals surface area contributed by atoms with Crippen LogP contribution in [0.2, 0.25) is 0 Å². The molecule has 0 radical (unpaired) electrons. The van der Waals surface area contributed by atoms with Crippen LogP contribution in [0.4, 0.5) is 4.39 Å². The maximum atomic E-state index is 13.9. The van der Waals surface area contributed by atoms with Crippen LogP contribution in [-0.2, 0) is 14.8 Å². The van der Waals surface area contributed by atoms with Crippen molar-refractivity contribution in [2.75, 3.05) is 32.7 Å². The number of nitrogens with one attached hydrogen (secondary N) is 1. The Labute approximate surface area is 176 Å². The summed E-state index contributed by atoms with van der Waals surface area (Å²) in [6.07, 6.45) is 0. The van der Waals surface area contributed by atoms with Crippen LogP contribution < -0.4 is 5.32 Å². The fourth-order valence-electron chi connectivity index (χ4n) is 2.97. The van der Waals surface area contributed by atoms with Crippen LogP contribution in [0.3, 0.4) is 0 Å². The highest BCUT2D eigenvalue weighted by Gasteiger charge is 2.31. The van der Waals surface area contributed by atoms with Gasteiger partial charge in [0.15, 0.2) is 0 Å². The van der Waals surface area contributed by atoms with Gasteiger partial charge in [-0.05, 0) is 30.3 Å². The molecule has 0 bridgehead atoms. The monoisotopic (exact) mass is 483 g/mol. The Bertz CT molecular complexity index is 1020. The van der Waals surface area contributed by atoms with E-state index in [9.17, 15) is 22.4 Å². The molecule has 0 spiro atoms. The maximum Gasteiger partial charge on any atom is 0.251 e. The summed E-state index contributed by atoms with van der Waals surface area (Å²) in [5.74, 6) is -1.49. The number of rotatable bonds is 5. The van der Waals surface area contributed by atoms with Crippen LogP contribution in [0, 0.1) is 5.82 Å². The van der Waals surface area contributed by atoms with Crippen molar-refractivity contribution in [3.05, 3.63) is 64.4 Å². The highest BCUT2D eigenvalue weighted by molar-refractivity contribution is 9.10. The topological polar surface area (TPSA) is 86.8 Å². The van der Waals surface area contributed by atoms with Crippen molar-refractivity contribution in [3.8, 4) is 0 Å². The minimum Gasteiger partial charge on any atom is -0.343 e. The zero-order valence-electron chi connectivity index (χ0n) is 15.3. The minimum atomic E-state index is -3.96. The molecule has 0 atom stereocenters. The Hall–Kier alpha value is -2.30. The first-order chi connectivity index (χ1) is 13.8. The first-order valence-corrected chi connectivity index (χ1v) is 11.1. The summed E-state index contributed by atoms with van der Waals surface area (Å²) in [5, 5.41) is 2.57. The van der Waals surface area contributed by atoms with Gasteiger partial charge in [0.05, 0.1) is 6.54 Å². The quantitative estimate of drug-likeness (QED) is 0.702. The van der Waals surface area contributed by atoms with Gasteiger partial charge in [0.25, 0.3) is 5.91 Å². The van der Waals surface area contributed by atoms with E-state index in [4.69, 9.17) is 0 Å². The van der Waals surface area contributed by atoms with Gasteiger partial charge in [-0.25, -0.2) is 12.8 Å². The van der Waals surface area contributed by atoms with Crippen LogP contribution >= 0.6 is 15.9 Å². The Kier molecular flexibility index (Phi) is 6.66. The van der Waals surface area contributed by atoms with E-state index >= 15 is 0 Å². The van der Waals surface area contributed by atoms with Crippen LogP contribution in [0.25, 0.3) is 0 Å². The van der Waals surface area contributed by atoms with Gasteiger partial charge in [-0.2, -0.15) is 4.31 Å². The van der Waals surface area contributed by atoms with Crippen LogP contribution in [0.15, 0.2) is 57.9 Å². The average Bonchev–Trinajstić information content (AvgIpc) is 2.72. The van der Waals surface area contributed by atoms with Crippen molar-refractivity contribution >= 4 is 37.8 Å². The molecular weight excluding hydrogens is 465 g/mol. The van der Waals surface area contributed by atoms with Gasteiger partial charge in [0.2, 0.25) is 15.9 Å². The summed E-state index contributed by atoms with van der Waals surface area (Å²) in [6, 6.07) is 12.0. The normalized spacial score (nSPS) is 15.2. The number of carbonyl (C=O) groups is 2. The van der Waals surface area contributed by atoms with Crippen molar-refractivity contribution in [1.29, 1.82) is 0 Å². The number of nitrogens with zero attached hydrogens (tertiary/aromatic N) is 2. The molecule has 1 fully saturated rings. The zero-order chi connectivity index (χ0) is 21.0. The number of hydrogen-bond acceptors (Lipinski definition) is 4. The van der Waals surface area contributed by atoms with Crippen LogP contribution in [0.5, 0.6) is 0 Å². The number of halogens is 2. The standard InChI is InChI=1S/C19H19BrFN3O4S/c20-15-5-3-4-14(12-15)19(26)22-13-18(25)23-8-10-24(11-9-23)29(27,28)17-7-2-1-6-16(17)21/h1-7,12H,8-11,13H2,(H,22,26). The predicted octanol–water partition coefficient (Wildman–Crippen LogP) is 1.85. The first-order valence-electron chi connectivity index (χ1n) is 8.85. The number of amides is 2. The van der Waals surface area contributed by atoms with E-state index in [0.717, 1.165) is 14.8 Å². The third-order valence-corrected chi connectivity index (χ3v) is 6.96. The summed E-state index contributed by atoms with van der Waals surface area (Å²) in [4.78, 5) is 25.6. The van der Waals surface area contributed by atoms with Gasteiger partial charge in [-0.3, -0.25) is 9.59 Å². The molecular formula is C19H19BrFN3O4S. The number of piperazine rings is 1. The summed E-state index contributed by atoms with van der Waals surface area (Å²) in [6.45, 7) is 0.258. The van der Waals surface area contributed by atoms with E-state index in [0.29, 0.717) is 5.56 Å². The molecule has 1 saturated heterocycles. The largest absolute Gasteiger partial charge is 0.343 e. The number of hydrogen-bond donors (Lipinski definition) is 1.